The van der Waals surface area contributed by atoms with Crippen LogP contribution in [-0.2, 0) is 4.74 Å². The molecule has 0 radical (unpaired) electrons. The molecule has 0 bridgehead atoms. The van der Waals surface area contributed by atoms with Crippen LogP contribution in [0.2, 0.25) is 0 Å². The van der Waals surface area contributed by atoms with Gasteiger partial charge in [0.25, 0.3) is 0 Å². The Balaban J connectivity index is 2.23. The average molecular weight is 253 g/mol. The lowest BCUT2D eigenvalue weighted by molar-refractivity contribution is -0.108. The van der Waals surface area contributed by atoms with Gasteiger partial charge in [-0.15, -0.1) is 0 Å². The molecule has 2 N–H and O–H groups in total. The van der Waals surface area contributed by atoms with Gasteiger partial charge in [0, 0.05) is 16.9 Å². The van der Waals surface area contributed by atoms with Crippen LogP contribution in [0.1, 0.15) is 24.8 Å². The van der Waals surface area contributed by atoms with Gasteiger partial charge in [0.2, 0.25) is 0 Å². The summed E-state index contributed by atoms with van der Waals surface area (Å²) in [5.41, 5.74) is 6.85. The molecule has 1 aliphatic heterocycles. The molecular weight excluding hydrogens is 233 g/mol. The van der Waals surface area contributed by atoms with Gasteiger partial charge in [-0.2, -0.15) is 0 Å². The van der Waals surface area contributed by atoms with Crippen LogP contribution < -0.4 is 10.5 Å². The molecule has 18 heavy (non-hydrogen) atoms. The minimum atomic E-state index is -0.251. The molecular formula is C14H20FNO2. The molecule has 3 nitrogen and oxygen atoms in total. The fraction of sp³-hybridized carbons (Fsp3) is 0.571. The van der Waals surface area contributed by atoms with Gasteiger partial charge in [-0.25, -0.2) is 4.39 Å². The van der Waals surface area contributed by atoms with Crippen molar-refractivity contribution in [2.75, 3.05) is 26.9 Å². The summed E-state index contributed by atoms with van der Waals surface area (Å²) in [5, 5.41) is 0. The maximum absolute atomic E-state index is 13.4. The number of ether oxygens (including phenoxy) is 2. The van der Waals surface area contributed by atoms with Crippen molar-refractivity contribution in [3.05, 3.63) is 29.6 Å². The lowest BCUT2D eigenvalue weighted by Gasteiger charge is -2.40. The minimum Gasteiger partial charge on any atom is -0.496 e. The Labute approximate surface area is 107 Å². The van der Waals surface area contributed by atoms with Crippen molar-refractivity contribution >= 4 is 0 Å². The summed E-state index contributed by atoms with van der Waals surface area (Å²) in [6, 6.07) is 4.59. The van der Waals surface area contributed by atoms with E-state index in [-0.39, 0.29) is 17.2 Å². The molecule has 1 atom stereocenters. The van der Waals surface area contributed by atoms with Crippen LogP contribution >= 0.6 is 0 Å². The summed E-state index contributed by atoms with van der Waals surface area (Å²) in [4.78, 5) is 0. The Kier molecular flexibility index (Phi) is 3.88. The van der Waals surface area contributed by atoms with E-state index < -0.39 is 0 Å². The van der Waals surface area contributed by atoms with Gasteiger partial charge in [-0.05, 0) is 31.2 Å². The molecule has 2 rings (SSSR count). The second kappa shape index (κ2) is 5.24. The molecule has 0 aromatic heterocycles. The van der Waals surface area contributed by atoms with Gasteiger partial charge in [0.05, 0.1) is 20.3 Å². The van der Waals surface area contributed by atoms with Gasteiger partial charge in [0.1, 0.15) is 11.6 Å². The Bertz CT molecular complexity index is 418. The molecule has 1 unspecified atom stereocenters. The summed E-state index contributed by atoms with van der Waals surface area (Å²) in [6.07, 6.45) is 0.892. The monoisotopic (exact) mass is 253 g/mol. The molecule has 0 saturated carbocycles. The Hall–Kier alpha value is -1.13. The predicted molar refractivity (Wildman–Crippen MR) is 68.3 cm³/mol. The average Bonchev–Trinajstić information content (AvgIpc) is 2.33. The van der Waals surface area contributed by atoms with Crippen LogP contribution in [0.25, 0.3) is 0 Å². The normalized spacial score (nSPS) is 19.1. The second-order valence-electron chi connectivity index (χ2n) is 5.33. The molecule has 1 heterocycles. The highest BCUT2D eigenvalue weighted by Gasteiger charge is 2.36. The first kappa shape index (κ1) is 13.3. The fourth-order valence-corrected chi connectivity index (χ4v) is 2.51. The van der Waals surface area contributed by atoms with E-state index in [1.807, 2.05) is 0 Å². The molecule has 0 amide bonds. The second-order valence-corrected chi connectivity index (χ2v) is 5.33. The van der Waals surface area contributed by atoms with E-state index in [1.54, 1.807) is 13.2 Å². The van der Waals surface area contributed by atoms with Crippen molar-refractivity contribution in [2.45, 2.75) is 19.3 Å². The van der Waals surface area contributed by atoms with Gasteiger partial charge < -0.3 is 15.2 Å². The standard InChI is InChI=1S/C14H20FNO2/c1-14(8-18-9-14)6-10(7-16)12-5-11(15)3-4-13(12)17-2/h3-5,10H,6-9,16H2,1-2H3. The Morgan fingerprint density at radius 2 is 2.22 bits per heavy atom. The molecule has 0 spiro atoms. The van der Waals surface area contributed by atoms with Crippen LogP contribution in [0, 0.1) is 11.2 Å². The molecule has 1 aromatic carbocycles. The number of nitrogens with two attached hydrogens (primary N) is 1. The van der Waals surface area contributed by atoms with E-state index in [2.05, 4.69) is 6.92 Å². The van der Waals surface area contributed by atoms with E-state index in [1.165, 1.54) is 12.1 Å². The number of benzene rings is 1. The molecule has 0 aliphatic carbocycles. The first-order chi connectivity index (χ1) is 8.58. The Morgan fingerprint density at radius 3 is 2.72 bits per heavy atom. The van der Waals surface area contributed by atoms with Crippen molar-refractivity contribution in [2.24, 2.45) is 11.1 Å². The van der Waals surface area contributed by atoms with Crippen molar-refractivity contribution in [3.8, 4) is 5.75 Å². The summed E-state index contributed by atoms with van der Waals surface area (Å²) in [6.45, 7) is 4.16. The van der Waals surface area contributed by atoms with Crippen molar-refractivity contribution in [1.29, 1.82) is 0 Å². The first-order valence-corrected chi connectivity index (χ1v) is 6.19. The summed E-state index contributed by atoms with van der Waals surface area (Å²) >= 11 is 0. The van der Waals surface area contributed by atoms with Crippen molar-refractivity contribution in [1.82, 2.24) is 0 Å². The van der Waals surface area contributed by atoms with E-state index in [4.69, 9.17) is 15.2 Å². The maximum Gasteiger partial charge on any atom is 0.123 e. The van der Waals surface area contributed by atoms with Crippen molar-refractivity contribution in [3.63, 3.8) is 0 Å². The highest BCUT2D eigenvalue weighted by molar-refractivity contribution is 5.37. The zero-order valence-corrected chi connectivity index (χ0v) is 10.9. The van der Waals surface area contributed by atoms with Gasteiger partial charge >= 0.3 is 0 Å². The number of hydrogen-bond donors (Lipinski definition) is 1. The third-order valence-corrected chi connectivity index (χ3v) is 3.56. The quantitative estimate of drug-likeness (QED) is 0.875. The van der Waals surface area contributed by atoms with E-state index in [0.717, 1.165) is 25.2 Å². The largest absolute Gasteiger partial charge is 0.496 e. The number of halogens is 1. The smallest absolute Gasteiger partial charge is 0.123 e. The zero-order chi connectivity index (χ0) is 13.2. The molecule has 1 saturated heterocycles. The number of methoxy groups -OCH3 is 1. The van der Waals surface area contributed by atoms with Gasteiger partial charge in [0.15, 0.2) is 0 Å². The van der Waals surface area contributed by atoms with Crippen LogP contribution in [-0.4, -0.2) is 26.9 Å². The van der Waals surface area contributed by atoms with Crippen molar-refractivity contribution < 1.29 is 13.9 Å². The highest BCUT2D eigenvalue weighted by atomic mass is 19.1. The molecule has 1 aliphatic rings. The fourth-order valence-electron chi connectivity index (χ4n) is 2.51. The lowest BCUT2D eigenvalue weighted by atomic mass is 9.77. The lowest BCUT2D eigenvalue weighted by Crippen LogP contribution is -2.41. The van der Waals surface area contributed by atoms with Crippen LogP contribution in [0.4, 0.5) is 4.39 Å². The maximum atomic E-state index is 13.4. The molecule has 1 fully saturated rings. The van der Waals surface area contributed by atoms with Crippen LogP contribution in [0.3, 0.4) is 0 Å². The summed E-state index contributed by atoms with van der Waals surface area (Å²) in [7, 11) is 1.60. The van der Waals surface area contributed by atoms with Gasteiger partial charge in [-0.3, -0.25) is 0 Å². The molecule has 4 heteroatoms. The summed E-state index contributed by atoms with van der Waals surface area (Å²) < 4.78 is 23.9. The SMILES string of the molecule is COc1ccc(F)cc1C(CN)CC1(C)COC1. The number of rotatable bonds is 5. The topological polar surface area (TPSA) is 44.5 Å². The molecule has 100 valence electrons. The first-order valence-electron chi connectivity index (χ1n) is 6.19. The number of hydrogen-bond acceptors (Lipinski definition) is 3. The Morgan fingerprint density at radius 1 is 1.50 bits per heavy atom. The minimum absolute atomic E-state index is 0.101. The van der Waals surface area contributed by atoms with Crippen LogP contribution in [0.15, 0.2) is 18.2 Å². The zero-order valence-electron chi connectivity index (χ0n) is 10.9. The van der Waals surface area contributed by atoms with E-state index in [9.17, 15) is 4.39 Å². The van der Waals surface area contributed by atoms with Gasteiger partial charge in [-0.1, -0.05) is 6.92 Å². The summed E-state index contributed by atoms with van der Waals surface area (Å²) in [5.74, 6) is 0.555. The van der Waals surface area contributed by atoms with Crippen LogP contribution in [0.5, 0.6) is 5.75 Å². The van der Waals surface area contributed by atoms with E-state index >= 15 is 0 Å². The highest BCUT2D eigenvalue weighted by Crippen LogP contribution is 2.39. The molecule has 1 aromatic rings. The predicted octanol–water partition coefficient (Wildman–Crippen LogP) is 2.30. The third-order valence-electron chi connectivity index (χ3n) is 3.56. The van der Waals surface area contributed by atoms with E-state index in [0.29, 0.717) is 12.3 Å². The third kappa shape index (κ3) is 2.65.